The van der Waals surface area contributed by atoms with Crippen molar-refractivity contribution in [1.82, 2.24) is 0 Å². The van der Waals surface area contributed by atoms with Crippen LogP contribution in [0.5, 0.6) is 0 Å². The van der Waals surface area contributed by atoms with E-state index in [9.17, 15) is 17.6 Å². The number of halogens is 4. The fourth-order valence-electron chi connectivity index (χ4n) is 0.268. The van der Waals surface area contributed by atoms with Crippen LogP contribution in [0, 0.1) is 0 Å². The Morgan fingerprint density at radius 2 is 1.70 bits per heavy atom. The van der Waals surface area contributed by atoms with Crippen molar-refractivity contribution in [3.63, 3.8) is 0 Å². The fourth-order valence-corrected chi connectivity index (χ4v) is 0.333. The average Bonchev–Trinajstić information content (AvgIpc) is 1.61. The number of alkyl halides is 4. The lowest BCUT2D eigenvalue weighted by Crippen LogP contribution is -2.38. The van der Waals surface area contributed by atoms with Crippen LogP contribution in [0.1, 0.15) is 6.92 Å². The van der Waals surface area contributed by atoms with E-state index in [1.807, 2.05) is 0 Å². The molecule has 62 valence electrons. The molecule has 0 atom stereocenters. The Morgan fingerprint density at radius 3 is 1.80 bits per heavy atom. The van der Waals surface area contributed by atoms with Gasteiger partial charge in [-0.2, -0.15) is 17.6 Å². The Hall–Kier alpha value is 0.0300. The lowest BCUT2D eigenvalue weighted by Gasteiger charge is -2.20. The monoisotopic (exact) mass is 178 g/mol. The quantitative estimate of drug-likeness (QED) is 0.514. The second-order valence-electron chi connectivity index (χ2n) is 1.49. The molecule has 0 aromatic rings. The van der Waals surface area contributed by atoms with E-state index in [1.54, 1.807) is 0 Å². The van der Waals surface area contributed by atoms with Crippen molar-refractivity contribution < 1.29 is 22.3 Å². The highest BCUT2D eigenvalue weighted by molar-refractivity contribution is 7.81. The molecule has 0 bridgehead atoms. The minimum Gasteiger partial charge on any atom is -0.315 e. The zero-order chi connectivity index (χ0) is 8.41. The van der Waals surface area contributed by atoms with Crippen LogP contribution in [-0.2, 0) is 4.74 Å². The maximum atomic E-state index is 11.9. The summed E-state index contributed by atoms with van der Waals surface area (Å²) in [5.74, 6) is 0. The molecule has 0 saturated carbocycles. The normalized spacial score (nSPS) is 13.8. The van der Waals surface area contributed by atoms with Gasteiger partial charge >= 0.3 is 11.4 Å². The predicted molar refractivity (Wildman–Crippen MR) is 30.5 cm³/mol. The lowest BCUT2D eigenvalue weighted by molar-refractivity contribution is -0.311. The first-order valence-corrected chi connectivity index (χ1v) is 2.88. The summed E-state index contributed by atoms with van der Waals surface area (Å²) in [5, 5.41) is -4.41. The summed E-state index contributed by atoms with van der Waals surface area (Å²) in [4.78, 5) is 0. The highest BCUT2D eigenvalue weighted by atomic mass is 32.1. The van der Waals surface area contributed by atoms with Crippen molar-refractivity contribution in [2.24, 2.45) is 0 Å². The van der Waals surface area contributed by atoms with Crippen molar-refractivity contribution in [3.8, 4) is 0 Å². The van der Waals surface area contributed by atoms with Gasteiger partial charge in [0.25, 0.3) is 0 Å². The van der Waals surface area contributed by atoms with Crippen molar-refractivity contribution in [1.29, 1.82) is 0 Å². The molecule has 10 heavy (non-hydrogen) atoms. The minimum atomic E-state index is -4.48. The number of ether oxygens (including phenoxy) is 1. The van der Waals surface area contributed by atoms with E-state index in [2.05, 4.69) is 17.4 Å². The highest BCUT2D eigenvalue weighted by Gasteiger charge is 2.54. The first-order chi connectivity index (χ1) is 4.31. The standard InChI is InChI=1S/C4H6F4OS/c1-2-9-3(5,6)4(7,8)10/h10H,2H2,1H3. The molecule has 0 N–H and O–H groups in total. The largest absolute Gasteiger partial charge is 0.429 e. The van der Waals surface area contributed by atoms with Crippen LogP contribution in [0.3, 0.4) is 0 Å². The van der Waals surface area contributed by atoms with Gasteiger partial charge in [0.05, 0.1) is 6.61 Å². The molecule has 0 aliphatic heterocycles. The van der Waals surface area contributed by atoms with Gasteiger partial charge in [0, 0.05) is 0 Å². The fraction of sp³-hybridized carbons (Fsp3) is 1.00. The summed E-state index contributed by atoms with van der Waals surface area (Å²) < 4.78 is 50.6. The van der Waals surface area contributed by atoms with E-state index >= 15 is 0 Å². The Kier molecular flexibility index (Phi) is 2.97. The molecule has 0 amide bonds. The highest BCUT2D eigenvalue weighted by Crippen LogP contribution is 2.37. The van der Waals surface area contributed by atoms with Crippen molar-refractivity contribution in [2.45, 2.75) is 18.3 Å². The van der Waals surface area contributed by atoms with Crippen LogP contribution in [-0.4, -0.2) is 18.0 Å². The SMILES string of the molecule is CCOC(F)(F)C(F)(F)S. The van der Waals surface area contributed by atoms with Gasteiger partial charge in [0.15, 0.2) is 0 Å². The zero-order valence-corrected chi connectivity index (χ0v) is 5.97. The molecule has 6 heteroatoms. The van der Waals surface area contributed by atoms with Crippen LogP contribution < -0.4 is 0 Å². The molecule has 0 saturated heterocycles. The summed E-state index contributed by atoms with van der Waals surface area (Å²) in [6.07, 6.45) is -4.48. The number of hydrogen-bond donors (Lipinski definition) is 1. The minimum absolute atomic E-state index is 0.483. The third-order valence-corrected chi connectivity index (χ3v) is 0.936. The predicted octanol–water partition coefficient (Wildman–Crippen LogP) is 2.14. The van der Waals surface area contributed by atoms with Crippen LogP contribution >= 0.6 is 12.6 Å². The molecule has 0 rings (SSSR count). The second-order valence-corrected chi connectivity index (χ2v) is 2.05. The molecule has 1 nitrogen and oxygen atoms in total. The Bertz CT molecular complexity index is 110. The molecule has 0 aliphatic rings. The first kappa shape index (κ1) is 10.0. The van der Waals surface area contributed by atoms with E-state index in [4.69, 9.17) is 0 Å². The average molecular weight is 178 g/mol. The van der Waals surface area contributed by atoms with Crippen LogP contribution in [0.2, 0.25) is 0 Å². The molecular formula is C4H6F4OS. The van der Waals surface area contributed by atoms with Gasteiger partial charge in [-0.25, -0.2) is 0 Å². The molecule has 0 aromatic heterocycles. The molecule has 0 aliphatic carbocycles. The van der Waals surface area contributed by atoms with E-state index in [0.717, 1.165) is 0 Å². The molecular weight excluding hydrogens is 172 g/mol. The molecule has 0 unspecified atom stereocenters. The Balaban J connectivity index is 4.10. The third-order valence-electron chi connectivity index (χ3n) is 0.676. The first-order valence-electron chi connectivity index (χ1n) is 2.43. The summed E-state index contributed by atoms with van der Waals surface area (Å²) in [7, 11) is 0. The number of thiol groups is 1. The molecule has 0 heterocycles. The number of rotatable bonds is 3. The van der Waals surface area contributed by atoms with E-state index < -0.39 is 18.0 Å². The number of hydrogen-bond acceptors (Lipinski definition) is 2. The van der Waals surface area contributed by atoms with Gasteiger partial charge in [0.1, 0.15) is 0 Å². The van der Waals surface area contributed by atoms with Crippen LogP contribution in [0.25, 0.3) is 0 Å². The van der Waals surface area contributed by atoms with Gasteiger partial charge < -0.3 is 4.74 Å². The smallest absolute Gasteiger partial charge is 0.315 e. The molecule has 0 spiro atoms. The van der Waals surface area contributed by atoms with Gasteiger partial charge in [-0.3, -0.25) is 0 Å². The van der Waals surface area contributed by atoms with Crippen LogP contribution in [0.15, 0.2) is 0 Å². The summed E-state index contributed by atoms with van der Waals surface area (Å²) in [5.41, 5.74) is 0. The topological polar surface area (TPSA) is 9.23 Å². The van der Waals surface area contributed by atoms with Crippen LogP contribution in [0.4, 0.5) is 17.6 Å². The third kappa shape index (κ3) is 2.34. The maximum Gasteiger partial charge on any atom is 0.429 e. The van der Waals surface area contributed by atoms with Gasteiger partial charge in [-0.05, 0) is 6.92 Å². The maximum absolute atomic E-state index is 11.9. The summed E-state index contributed by atoms with van der Waals surface area (Å²) in [6.45, 7) is 0.705. The van der Waals surface area contributed by atoms with Crippen molar-refractivity contribution in [3.05, 3.63) is 0 Å². The Labute approximate surface area is 60.8 Å². The van der Waals surface area contributed by atoms with Crippen molar-refractivity contribution >= 4 is 12.6 Å². The van der Waals surface area contributed by atoms with Gasteiger partial charge in [-0.15, -0.1) is 0 Å². The summed E-state index contributed by atoms with van der Waals surface area (Å²) >= 11 is 2.36. The zero-order valence-electron chi connectivity index (χ0n) is 5.07. The second kappa shape index (κ2) is 2.96. The summed E-state index contributed by atoms with van der Waals surface area (Å²) in [6, 6.07) is 0. The molecule has 0 aromatic carbocycles. The van der Waals surface area contributed by atoms with Crippen molar-refractivity contribution in [2.75, 3.05) is 6.61 Å². The van der Waals surface area contributed by atoms with E-state index in [-0.39, 0.29) is 0 Å². The van der Waals surface area contributed by atoms with E-state index in [1.165, 1.54) is 6.92 Å². The molecule has 0 fully saturated rings. The van der Waals surface area contributed by atoms with Gasteiger partial charge in [-0.1, -0.05) is 12.6 Å². The molecule has 0 radical (unpaired) electrons. The van der Waals surface area contributed by atoms with Gasteiger partial charge in [0.2, 0.25) is 0 Å². The lowest BCUT2D eigenvalue weighted by atomic mass is 10.6. The Morgan fingerprint density at radius 1 is 1.30 bits per heavy atom. The van der Waals surface area contributed by atoms with E-state index in [0.29, 0.717) is 0 Å².